The molecule has 1 aliphatic rings. The normalized spacial score (nSPS) is 15.9. The van der Waals surface area contributed by atoms with Gasteiger partial charge in [0.15, 0.2) is 5.58 Å². The highest BCUT2D eigenvalue weighted by molar-refractivity contribution is 6.31. The monoisotopic (exact) mass is 468 g/mol. The van der Waals surface area contributed by atoms with Crippen LogP contribution in [0.2, 0.25) is 5.02 Å². The molecule has 5 rings (SSSR count). The van der Waals surface area contributed by atoms with Crippen molar-refractivity contribution in [3.8, 4) is 0 Å². The summed E-state index contributed by atoms with van der Waals surface area (Å²) in [5, 5.41) is 6.08. The highest BCUT2D eigenvalue weighted by atomic mass is 35.5. The van der Waals surface area contributed by atoms with Gasteiger partial charge in [-0.05, 0) is 50.1 Å². The maximum Gasteiger partial charge on any atom is 0.256 e. The predicted molar refractivity (Wildman–Crippen MR) is 123 cm³/mol. The minimum absolute atomic E-state index is 0.0760. The third kappa shape index (κ3) is 3.74. The van der Waals surface area contributed by atoms with Crippen LogP contribution in [0.1, 0.15) is 47.8 Å². The lowest BCUT2D eigenvalue weighted by Crippen LogP contribution is -2.38. The van der Waals surface area contributed by atoms with Gasteiger partial charge < -0.3 is 19.7 Å². The Morgan fingerprint density at radius 1 is 1.18 bits per heavy atom. The van der Waals surface area contributed by atoms with E-state index in [0.717, 1.165) is 11.1 Å². The number of piperidine rings is 1. The smallest absolute Gasteiger partial charge is 0.256 e. The predicted octanol–water partition coefficient (Wildman–Crippen LogP) is 4.64. The molecule has 170 valence electrons. The Hall–Kier alpha value is -3.39. The number of hydrogen-bond donors (Lipinski definition) is 1. The van der Waals surface area contributed by atoms with Crippen LogP contribution in [0.25, 0.3) is 21.9 Å². The number of carbonyl (C=O) groups excluding carboxylic acids is 2. The van der Waals surface area contributed by atoms with E-state index in [1.807, 2.05) is 0 Å². The zero-order valence-corrected chi connectivity index (χ0v) is 18.7. The molecule has 1 saturated heterocycles. The van der Waals surface area contributed by atoms with Crippen molar-refractivity contribution in [1.82, 2.24) is 14.6 Å². The molecule has 0 aliphatic carbocycles. The second kappa shape index (κ2) is 8.19. The minimum atomic E-state index is -0.626. The van der Waals surface area contributed by atoms with Crippen LogP contribution in [0.15, 0.2) is 47.1 Å². The van der Waals surface area contributed by atoms with Gasteiger partial charge in [0.1, 0.15) is 11.9 Å². The molecule has 1 fully saturated rings. The summed E-state index contributed by atoms with van der Waals surface area (Å²) in [6, 6.07) is 8.99. The molecule has 3 heterocycles. The van der Waals surface area contributed by atoms with Crippen molar-refractivity contribution in [2.24, 2.45) is 5.73 Å². The molecule has 7 nitrogen and oxygen atoms in total. The summed E-state index contributed by atoms with van der Waals surface area (Å²) in [6.07, 6.45) is 3.05. The van der Waals surface area contributed by atoms with E-state index >= 15 is 0 Å². The Labute approximate surface area is 193 Å². The Bertz CT molecular complexity index is 1390. The zero-order valence-electron chi connectivity index (χ0n) is 17.9. The SMILES string of the molecule is CC(C(N)=O)n1cc(C(=O)N2CCC(c3noc4ccc(F)cc34)CC2)c2ccc(Cl)cc21. The van der Waals surface area contributed by atoms with Crippen molar-refractivity contribution in [3.05, 3.63) is 64.7 Å². The van der Waals surface area contributed by atoms with Gasteiger partial charge >= 0.3 is 0 Å². The van der Waals surface area contributed by atoms with Gasteiger partial charge in [0.25, 0.3) is 5.91 Å². The van der Waals surface area contributed by atoms with Crippen LogP contribution in [0.3, 0.4) is 0 Å². The number of fused-ring (bicyclic) bond motifs is 2. The fraction of sp³-hybridized carbons (Fsp3) is 0.292. The van der Waals surface area contributed by atoms with E-state index < -0.39 is 11.9 Å². The average Bonchev–Trinajstić information content (AvgIpc) is 3.39. The van der Waals surface area contributed by atoms with Gasteiger partial charge in [-0.25, -0.2) is 4.39 Å². The van der Waals surface area contributed by atoms with E-state index in [9.17, 15) is 14.0 Å². The maximum absolute atomic E-state index is 13.7. The number of aromatic nitrogens is 2. The van der Waals surface area contributed by atoms with Crippen LogP contribution in [0.5, 0.6) is 0 Å². The van der Waals surface area contributed by atoms with Gasteiger partial charge in [0.2, 0.25) is 5.91 Å². The molecule has 2 N–H and O–H groups in total. The van der Waals surface area contributed by atoms with Gasteiger partial charge in [0, 0.05) is 41.0 Å². The van der Waals surface area contributed by atoms with Crippen LogP contribution in [-0.4, -0.2) is 39.5 Å². The fourth-order valence-corrected chi connectivity index (χ4v) is 4.77. The molecule has 1 unspecified atom stereocenters. The number of nitrogens with two attached hydrogens (primary N) is 1. The Balaban J connectivity index is 1.40. The molecule has 4 aromatic rings. The lowest BCUT2D eigenvalue weighted by atomic mass is 9.91. The van der Waals surface area contributed by atoms with Crippen molar-refractivity contribution in [2.75, 3.05) is 13.1 Å². The number of rotatable bonds is 4. The Kier molecular flexibility index (Phi) is 5.32. The van der Waals surface area contributed by atoms with Gasteiger partial charge in [-0.15, -0.1) is 0 Å². The first-order valence-corrected chi connectivity index (χ1v) is 11.1. The van der Waals surface area contributed by atoms with E-state index in [1.54, 1.807) is 46.9 Å². The van der Waals surface area contributed by atoms with Crippen molar-refractivity contribution >= 4 is 45.3 Å². The molecule has 9 heteroatoms. The molecule has 0 spiro atoms. The molecule has 0 radical (unpaired) electrons. The van der Waals surface area contributed by atoms with Crippen LogP contribution in [0.4, 0.5) is 4.39 Å². The summed E-state index contributed by atoms with van der Waals surface area (Å²) in [6.45, 7) is 2.74. The molecule has 0 bridgehead atoms. The molecule has 33 heavy (non-hydrogen) atoms. The van der Waals surface area contributed by atoms with Gasteiger partial charge in [-0.1, -0.05) is 22.8 Å². The zero-order chi connectivity index (χ0) is 23.3. The molecule has 2 amide bonds. The minimum Gasteiger partial charge on any atom is -0.368 e. The summed E-state index contributed by atoms with van der Waals surface area (Å²) < 4.78 is 20.8. The lowest BCUT2D eigenvalue weighted by molar-refractivity contribution is -0.120. The van der Waals surface area contributed by atoms with Crippen molar-refractivity contribution < 1.29 is 18.5 Å². The largest absolute Gasteiger partial charge is 0.368 e. The number of hydrogen-bond acceptors (Lipinski definition) is 4. The Morgan fingerprint density at radius 2 is 1.94 bits per heavy atom. The van der Waals surface area contributed by atoms with Gasteiger partial charge in [0.05, 0.1) is 16.8 Å². The summed E-state index contributed by atoms with van der Waals surface area (Å²) in [5.74, 6) is -0.872. The molecule has 1 aliphatic heterocycles. The molecule has 0 saturated carbocycles. The summed E-state index contributed by atoms with van der Waals surface area (Å²) in [5.41, 5.74) is 7.99. The number of carbonyl (C=O) groups is 2. The Morgan fingerprint density at radius 3 is 2.67 bits per heavy atom. The first-order valence-electron chi connectivity index (χ1n) is 10.8. The van der Waals surface area contributed by atoms with E-state index in [4.69, 9.17) is 21.9 Å². The van der Waals surface area contributed by atoms with Crippen LogP contribution >= 0.6 is 11.6 Å². The van der Waals surface area contributed by atoms with E-state index in [0.29, 0.717) is 53.0 Å². The number of benzene rings is 2. The second-order valence-electron chi connectivity index (χ2n) is 8.46. The molecule has 2 aromatic heterocycles. The highest BCUT2D eigenvalue weighted by Crippen LogP contribution is 2.34. The van der Waals surface area contributed by atoms with Crippen LogP contribution in [0, 0.1) is 5.82 Å². The highest BCUT2D eigenvalue weighted by Gasteiger charge is 2.30. The van der Waals surface area contributed by atoms with Crippen molar-refractivity contribution in [1.29, 1.82) is 0 Å². The molecule has 2 aromatic carbocycles. The van der Waals surface area contributed by atoms with Gasteiger partial charge in [-0.2, -0.15) is 0 Å². The number of primary amides is 1. The topological polar surface area (TPSA) is 94.4 Å². The van der Waals surface area contributed by atoms with E-state index in [1.165, 1.54) is 12.1 Å². The standard InChI is InChI=1S/C24H22ClFN4O3/c1-13(23(27)31)30-12-19(17-4-2-15(25)10-20(17)30)24(32)29-8-6-14(7-9-29)22-18-11-16(26)3-5-21(18)33-28-22/h2-5,10-14H,6-9H2,1H3,(H2,27,31). The van der Waals surface area contributed by atoms with Gasteiger partial charge in [-0.3, -0.25) is 9.59 Å². The van der Waals surface area contributed by atoms with Crippen LogP contribution in [-0.2, 0) is 4.79 Å². The number of nitrogens with zero attached hydrogens (tertiary/aromatic N) is 3. The first kappa shape index (κ1) is 21.5. The first-order chi connectivity index (χ1) is 15.8. The molecular weight excluding hydrogens is 447 g/mol. The summed E-state index contributed by atoms with van der Waals surface area (Å²) in [7, 11) is 0. The number of likely N-dealkylation sites (tertiary alicyclic amines) is 1. The lowest BCUT2D eigenvalue weighted by Gasteiger charge is -2.31. The quantitative estimate of drug-likeness (QED) is 0.472. The molecular formula is C24H22ClFN4O3. The third-order valence-corrected chi connectivity index (χ3v) is 6.72. The third-order valence-electron chi connectivity index (χ3n) is 6.48. The number of halogens is 2. The van der Waals surface area contributed by atoms with E-state index in [2.05, 4.69) is 5.16 Å². The summed E-state index contributed by atoms with van der Waals surface area (Å²) >= 11 is 6.17. The van der Waals surface area contributed by atoms with E-state index in [-0.39, 0.29) is 17.6 Å². The average molecular weight is 469 g/mol. The molecule has 1 atom stereocenters. The summed E-state index contributed by atoms with van der Waals surface area (Å²) in [4.78, 5) is 27.0. The second-order valence-corrected chi connectivity index (χ2v) is 8.90. The van der Waals surface area contributed by atoms with Crippen molar-refractivity contribution in [3.63, 3.8) is 0 Å². The number of amides is 2. The fourth-order valence-electron chi connectivity index (χ4n) is 4.60. The maximum atomic E-state index is 13.7. The van der Waals surface area contributed by atoms with Crippen LogP contribution < -0.4 is 5.73 Å². The van der Waals surface area contributed by atoms with Crippen molar-refractivity contribution in [2.45, 2.75) is 31.7 Å².